The highest BCUT2D eigenvalue weighted by Gasteiger charge is 2.09. The summed E-state index contributed by atoms with van der Waals surface area (Å²) in [6.45, 7) is 7.74. The Kier molecular flexibility index (Phi) is 8.64. The molecule has 0 aromatic rings. The van der Waals surface area contributed by atoms with Crippen LogP contribution in [0.5, 0.6) is 0 Å². The van der Waals surface area contributed by atoms with Crippen molar-refractivity contribution in [3.8, 4) is 0 Å². The number of amides is 1. The minimum Gasteiger partial charge on any atom is -0.355 e. The monoisotopic (exact) mass is 200 g/mol. The summed E-state index contributed by atoms with van der Waals surface area (Å²) in [6.07, 6.45) is 4.81. The Morgan fingerprint density at radius 3 is 2.50 bits per heavy atom. The minimum atomic E-state index is -0.0637. The van der Waals surface area contributed by atoms with Crippen LogP contribution in [0, 0.1) is 0 Å². The number of hydrogen-bond donors (Lipinski definition) is 2. The van der Waals surface area contributed by atoms with E-state index in [1.165, 1.54) is 19.3 Å². The van der Waals surface area contributed by atoms with Gasteiger partial charge in [-0.2, -0.15) is 0 Å². The van der Waals surface area contributed by atoms with Gasteiger partial charge in [-0.05, 0) is 19.9 Å². The average Bonchev–Trinajstić information content (AvgIpc) is 2.17. The largest absolute Gasteiger partial charge is 0.355 e. The zero-order valence-corrected chi connectivity index (χ0v) is 9.73. The first kappa shape index (κ1) is 13.4. The van der Waals surface area contributed by atoms with Crippen molar-refractivity contribution in [3.63, 3.8) is 0 Å². The molecule has 0 spiro atoms. The highest BCUT2D eigenvalue weighted by molar-refractivity contribution is 5.81. The quantitative estimate of drug-likeness (QED) is 0.585. The molecule has 2 N–H and O–H groups in total. The third-order valence-corrected chi connectivity index (χ3v) is 2.23. The van der Waals surface area contributed by atoms with Crippen LogP contribution in [0.2, 0.25) is 0 Å². The van der Waals surface area contributed by atoms with Crippen LogP contribution in [-0.2, 0) is 4.79 Å². The Bertz CT molecular complexity index is 148. The van der Waals surface area contributed by atoms with Crippen molar-refractivity contribution in [2.45, 2.75) is 52.5 Å². The van der Waals surface area contributed by atoms with E-state index in [0.29, 0.717) is 0 Å². The third kappa shape index (κ3) is 6.89. The molecule has 1 amide bonds. The van der Waals surface area contributed by atoms with Crippen LogP contribution in [0.3, 0.4) is 0 Å². The third-order valence-electron chi connectivity index (χ3n) is 2.23. The summed E-state index contributed by atoms with van der Waals surface area (Å²) < 4.78 is 0. The van der Waals surface area contributed by atoms with E-state index in [9.17, 15) is 4.79 Å². The normalized spacial score (nSPS) is 12.5. The summed E-state index contributed by atoms with van der Waals surface area (Å²) >= 11 is 0. The summed E-state index contributed by atoms with van der Waals surface area (Å²) in [6, 6.07) is -0.0637. The van der Waals surface area contributed by atoms with Crippen LogP contribution in [-0.4, -0.2) is 25.0 Å². The molecule has 0 aliphatic rings. The Labute approximate surface area is 87.6 Å². The lowest BCUT2D eigenvalue weighted by atomic mass is 10.2. The fourth-order valence-corrected chi connectivity index (χ4v) is 1.32. The predicted octanol–water partition coefficient (Wildman–Crippen LogP) is 1.68. The topological polar surface area (TPSA) is 41.1 Å². The van der Waals surface area contributed by atoms with Gasteiger partial charge in [0.15, 0.2) is 0 Å². The van der Waals surface area contributed by atoms with Gasteiger partial charge in [-0.25, -0.2) is 0 Å². The lowest BCUT2D eigenvalue weighted by Gasteiger charge is -2.12. The maximum Gasteiger partial charge on any atom is 0.236 e. The zero-order valence-electron chi connectivity index (χ0n) is 9.73. The summed E-state index contributed by atoms with van der Waals surface area (Å²) in [5.41, 5.74) is 0. The van der Waals surface area contributed by atoms with Crippen molar-refractivity contribution in [2.75, 3.05) is 13.1 Å². The maximum atomic E-state index is 11.4. The molecule has 1 unspecified atom stereocenters. The van der Waals surface area contributed by atoms with Gasteiger partial charge in [-0.15, -0.1) is 0 Å². The first-order valence-electron chi connectivity index (χ1n) is 5.73. The molecule has 0 aromatic carbocycles. The van der Waals surface area contributed by atoms with E-state index in [1.807, 2.05) is 13.8 Å². The first-order valence-corrected chi connectivity index (χ1v) is 5.73. The summed E-state index contributed by atoms with van der Waals surface area (Å²) in [5.74, 6) is 0.114. The number of hydrogen-bond acceptors (Lipinski definition) is 2. The molecule has 84 valence electrons. The van der Waals surface area contributed by atoms with Crippen molar-refractivity contribution >= 4 is 5.91 Å². The van der Waals surface area contributed by atoms with Crippen LogP contribution in [0.4, 0.5) is 0 Å². The summed E-state index contributed by atoms with van der Waals surface area (Å²) in [5, 5.41) is 6.01. The molecular formula is C11H24N2O. The van der Waals surface area contributed by atoms with Crippen LogP contribution in [0.25, 0.3) is 0 Å². The highest BCUT2D eigenvalue weighted by atomic mass is 16.2. The molecule has 3 heteroatoms. The van der Waals surface area contributed by atoms with Gasteiger partial charge in [0.1, 0.15) is 0 Å². The van der Waals surface area contributed by atoms with Crippen LogP contribution >= 0.6 is 0 Å². The molecule has 0 rings (SSSR count). The Hall–Kier alpha value is -0.570. The molecule has 0 radical (unpaired) electrons. The first-order chi connectivity index (χ1) is 6.72. The Morgan fingerprint density at radius 1 is 1.21 bits per heavy atom. The fourth-order valence-electron chi connectivity index (χ4n) is 1.32. The number of unbranched alkanes of at least 4 members (excludes halogenated alkanes) is 3. The molecular weight excluding hydrogens is 176 g/mol. The molecule has 0 bridgehead atoms. The van der Waals surface area contributed by atoms with E-state index >= 15 is 0 Å². The van der Waals surface area contributed by atoms with Gasteiger partial charge in [0.2, 0.25) is 5.91 Å². The zero-order chi connectivity index (χ0) is 10.8. The second-order valence-corrected chi connectivity index (χ2v) is 3.63. The molecule has 0 saturated carbocycles. The van der Waals surface area contributed by atoms with Crippen molar-refractivity contribution < 1.29 is 4.79 Å². The van der Waals surface area contributed by atoms with Gasteiger partial charge in [0.05, 0.1) is 6.04 Å². The molecule has 0 aromatic heterocycles. The van der Waals surface area contributed by atoms with E-state index in [2.05, 4.69) is 17.6 Å². The van der Waals surface area contributed by atoms with Gasteiger partial charge < -0.3 is 10.6 Å². The minimum absolute atomic E-state index is 0.0637. The molecule has 0 saturated heterocycles. The number of carbonyl (C=O) groups is 1. The van der Waals surface area contributed by atoms with Crippen molar-refractivity contribution in [1.82, 2.24) is 10.6 Å². The molecule has 3 nitrogen and oxygen atoms in total. The molecule has 0 aliphatic carbocycles. The Balaban J connectivity index is 3.34. The van der Waals surface area contributed by atoms with E-state index < -0.39 is 0 Å². The smallest absolute Gasteiger partial charge is 0.236 e. The summed E-state index contributed by atoms with van der Waals surface area (Å²) in [4.78, 5) is 11.4. The molecule has 0 aliphatic heterocycles. The molecule has 1 atom stereocenters. The Morgan fingerprint density at radius 2 is 1.93 bits per heavy atom. The SMILES string of the molecule is CCCCCCNC(=O)C(C)NCC. The van der Waals surface area contributed by atoms with Crippen molar-refractivity contribution in [1.29, 1.82) is 0 Å². The second-order valence-electron chi connectivity index (χ2n) is 3.63. The highest BCUT2D eigenvalue weighted by Crippen LogP contribution is 1.97. The van der Waals surface area contributed by atoms with E-state index in [-0.39, 0.29) is 11.9 Å². The van der Waals surface area contributed by atoms with E-state index in [4.69, 9.17) is 0 Å². The standard InChI is InChI=1S/C11H24N2O/c1-4-6-7-8-9-13-11(14)10(3)12-5-2/h10,12H,4-9H2,1-3H3,(H,13,14). The average molecular weight is 200 g/mol. The van der Waals surface area contributed by atoms with Gasteiger partial charge in [-0.3, -0.25) is 4.79 Å². The van der Waals surface area contributed by atoms with Crippen LogP contribution in [0.1, 0.15) is 46.5 Å². The lowest BCUT2D eigenvalue weighted by molar-refractivity contribution is -0.122. The number of rotatable bonds is 8. The fraction of sp³-hybridized carbons (Fsp3) is 0.909. The summed E-state index contributed by atoms with van der Waals surface area (Å²) in [7, 11) is 0. The molecule has 0 fully saturated rings. The number of carbonyl (C=O) groups excluding carboxylic acids is 1. The molecule has 14 heavy (non-hydrogen) atoms. The van der Waals surface area contributed by atoms with Crippen LogP contribution < -0.4 is 10.6 Å². The second kappa shape index (κ2) is 9.00. The van der Waals surface area contributed by atoms with Crippen LogP contribution in [0.15, 0.2) is 0 Å². The van der Waals surface area contributed by atoms with Gasteiger partial charge in [-0.1, -0.05) is 33.1 Å². The van der Waals surface area contributed by atoms with E-state index in [0.717, 1.165) is 19.5 Å². The van der Waals surface area contributed by atoms with Gasteiger partial charge >= 0.3 is 0 Å². The van der Waals surface area contributed by atoms with Gasteiger partial charge in [0.25, 0.3) is 0 Å². The van der Waals surface area contributed by atoms with Gasteiger partial charge in [0, 0.05) is 6.54 Å². The molecule has 0 heterocycles. The maximum absolute atomic E-state index is 11.4. The van der Waals surface area contributed by atoms with E-state index in [1.54, 1.807) is 0 Å². The number of likely N-dealkylation sites (N-methyl/N-ethyl adjacent to an activating group) is 1. The van der Waals surface area contributed by atoms with Crippen molar-refractivity contribution in [2.24, 2.45) is 0 Å². The predicted molar refractivity (Wildman–Crippen MR) is 60.3 cm³/mol. The number of nitrogens with one attached hydrogen (secondary N) is 2. The van der Waals surface area contributed by atoms with Crippen molar-refractivity contribution in [3.05, 3.63) is 0 Å². The lowest BCUT2D eigenvalue weighted by Crippen LogP contribution is -2.42.